The molecule has 5 heteroatoms. The van der Waals surface area contributed by atoms with E-state index in [2.05, 4.69) is 31.4 Å². The van der Waals surface area contributed by atoms with E-state index >= 15 is 0 Å². The lowest BCUT2D eigenvalue weighted by molar-refractivity contribution is 0.0937. The molecular formula is C82H156N2O3. The van der Waals surface area contributed by atoms with Gasteiger partial charge in [-0.2, -0.15) is 0 Å². The highest BCUT2D eigenvalue weighted by atomic mass is 16.5. The Balaban J connectivity index is 2.18. The Kier molecular flexibility index (Phi) is 68.1. The summed E-state index contributed by atoms with van der Waals surface area (Å²) in [6.07, 6.45) is 93.9. The third-order valence-corrected chi connectivity index (χ3v) is 19.4. The molecular weight excluding hydrogens is 1060 g/mol. The fourth-order valence-electron chi connectivity index (χ4n) is 13.3. The molecule has 0 spiro atoms. The van der Waals surface area contributed by atoms with Crippen molar-refractivity contribution in [3.8, 4) is 5.75 Å². The van der Waals surface area contributed by atoms with Crippen LogP contribution in [0.25, 0.3) is 0 Å². The third-order valence-electron chi connectivity index (χ3n) is 19.4. The predicted molar refractivity (Wildman–Crippen MR) is 388 cm³/mol. The number of hydrogen-bond acceptors (Lipinski definition) is 3. The zero-order valence-electron chi connectivity index (χ0n) is 59.7. The summed E-state index contributed by atoms with van der Waals surface area (Å²) in [5, 5.41) is 6.35. The molecule has 87 heavy (non-hydrogen) atoms. The monoisotopic (exact) mass is 1220 g/mol. The molecule has 0 saturated carbocycles. The van der Waals surface area contributed by atoms with Crippen LogP contribution in [0.5, 0.6) is 5.75 Å². The highest BCUT2D eigenvalue weighted by Gasteiger charge is 2.16. The molecule has 0 bridgehead atoms. The van der Waals surface area contributed by atoms with E-state index in [9.17, 15) is 9.59 Å². The van der Waals surface area contributed by atoms with E-state index in [4.69, 9.17) is 4.74 Å². The summed E-state index contributed by atoms with van der Waals surface area (Å²) in [4.78, 5) is 26.9. The number of nitrogens with one attached hydrogen (secondary N) is 2. The van der Waals surface area contributed by atoms with Crippen molar-refractivity contribution in [2.24, 2.45) is 0 Å². The predicted octanol–water partition coefficient (Wildman–Crippen LogP) is 28.1. The van der Waals surface area contributed by atoms with Gasteiger partial charge in [-0.05, 0) is 37.5 Å². The van der Waals surface area contributed by atoms with Crippen LogP contribution < -0.4 is 15.4 Å². The van der Waals surface area contributed by atoms with E-state index in [0.717, 1.165) is 38.5 Å². The van der Waals surface area contributed by atoms with Crippen LogP contribution in [0, 0.1) is 0 Å². The number of carbonyl (C=O) groups excluding carboxylic acids is 2. The zero-order chi connectivity index (χ0) is 62.3. The van der Waals surface area contributed by atoms with Crippen LogP contribution in [-0.2, 0) is 0 Å². The Morgan fingerprint density at radius 3 is 0.678 bits per heavy atom. The van der Waals surface area contributed by atoms with Crippen LogP contribution in [0.1, 0.15) is 478 Å². The highest BCUT2D eigenvalue weighted by Crippen LogP contribution is 2.24. The molecule has 0 atom stereocenters. The van der Waals surface area contributed by atoms with Gasteiger partial charge in [0, 0.05) is 18.7 Å². The van der Waals surface area contributed by atoms with Gasteiger partial charge in [0.2, 0.25) is 0 Å². The quantitative estimate of drug-likeness (QED) is 0.0639. The summed E-state index contributed by atoms with van der Waals surface area (Å²) >= 11 is 0. The van der Waals surface area contributed by atoms with E-state index < -0.39 is 0 Å². The number of benzene rings is 1. The Labute approximate surface area is 546 Å². The molecule has 0 fully saturated rings. The molecule has 0 radical (unpaired) electrons. The smallest absolute Gasteiger partial charge is 0.255 e. The van der Waals surface area contributed by atoms with Crippen LogP contribution in [0.2, 0.25) is 0 Å². The molecule has 1 rings (SSSR count). The molecule has 512 valence electrons. The van der Waals surface area contributed by atoms with Gasteiger partial charge in [-0.25, -0.2) is 0 Å². The van der Waals surface area contributed by atoms with Crippen LogP contribution in [0.3, 0.4) is 0 Å². The maximum atomic E-state index is 13.6. The molecule has 0 heterocycles. The van der Waals surface area contributed by atoms with Crippen molar-refractivity contribution in [1.29, 1.82) is 0 Å². The molecule has 2 N–H and O–H groups in total. The minimum absolute atomic E-state index is 0.0712. The van der Waals surface area contributed by atoms with E-state index in [1.807, 2.05) is 18.2 Å². The topological polar surface area (TPSA) is 67.4 Å². The minimum Gasteiger partial charge on any atom is -0.493 e. The summed E-state index contributed by atoms with van der Waals surface area (Å²) in [5.41, 5.74) is 1.13. The highest BCUT2D eigenvalue weighted by molar-refractivity contribution is 6.00. The zero-order valence-corrected chi connectivity index (χ0v) is 59.7. The number of unbranched alkanes of at least 4 members (excludes halogenated alkanes) is 65. The Hall–Kier alpha value is -2.04. The van der Waals surface area contributed by atoms with Crippen LogP contribution >= 0.6 is 0 Å². The van der Waals surface area contributed by atoms with Crippen LogP contribution in [0.4, 0.5) is 0 Å². The second-order valence-corrected chi connectivity index (χ2v) is 28.1. The first-order chi connectivity index (χ1) is 43.1. The second kappa shape index (κ2) is 71.4. The summed E-state index contributed by atoms with van der Waals surface area (Å²) in [6.45, 7) is 8.84. The first kappa shape index (κ1) is 83.0. The first-order valence-corrected chi connectivity index (χ1v) is 40.5. The first-order valence-electron chi connectivity index (χ1n) is 40.5. The number of amides is 2. The summed E-state index contributed by atoms with van der Waals surface area (Å²) in [7, 11) is 0. The molecule has 1 aromatic carbocycles. The van der Waals surface area contributed by atoms with Crippen molar-refractivity contribution in [1.82, 2.24) is 10.6 Å². The lowest BCUT2D eigenvalue weighted by Crippen LogP contribution is -2.26. The molecule has 0 unspecified atom stereocenters. The SMILES string of the molecule is CCCCCCCCCCCCCCCCCCCCCCCCCCCCCCNC(=O)c1ccc(C(=O)NCCCCCCCCCCCCCCCCCCCCCCCCCCCCCC)c(OCCCCCCCCCCCCCC)c1. The van der Waals surface area contributed by atoms with Gasteiger partial charge in [0.15, 0.2) is 0 Å². The van der Waals surface area contributed by atoms with Crippen molar-refractivity contribution in [3.05, 3.63) is 29.3 Å². The Morgan fingerprint density at radius 1 is 0.253 bits per heavy atom. The third kappa shape index (κ3) is 61.2. The summed E-state index contributed by atoms with van der Waals surface area (Å²) in [6, 6.07) is 5.44. The molecule has 0 saturated heterocycles. The van der Waals surface area contributed by atoms with Gasteiger partial charge in [-0.3, -0.25) is 9.59 Å². The van der Waals surface area contributed by atoms with E-state index in [0.29, 0.717) is 36.6 Å². The number of ether oxygens (including phenoxy) is 1. The fourth-order valence-corrected chi connectivity index (χ4v) is 13.3. The van der Waals surface area contributed by atoms with E-state index in [-0.39, 0.29) is 11.8 Å². The van der Waals surface area contributed by atoms with Gasteiger partial charge in [0.05, 0.1) is 12.2 Å². The van der Waals surface area contributed by atoms with Crippen LogP contribution in [0.15, 0.2) is 18.2 Å². The van der Waals surface area contributed by atoms with Gasteiger partial charge in [0.25, 0.3) is 11.8 Å². The lowest BCUT2D eigenvalue weighted by Gasteiger charge is -2.14. The fraction of sp³-hybridized carbons (Fsp3) is 0.902. The van der Waals surface area contributed by atoms with Crippen molar-refractivity contribution < 1.29 is 14.3 Å². The van der Waals surface area contributed by atoms with Gasteiger partial charge in [-0.15, -0.1) is 0 Å². The maximum absolute atomic E-state index is 13.6. The van der Waals surface area contributed by atoms with E-state index in [1.165, 1.54) is 398 Å². The molecule has 5 nitrogen and oxygen atoms in total. The second-order valence-electron chi connectivity index (χ2n) is 28.1. The average Bonchev–Trinajstić information content (AvgIpc) is 3.73. The summed E-state index contributed by atoms with van der Waals surface area (Å²) in [5.74, 6) is 0.384. The number of rotatable bonds is 74. The van der Waals surface area contributed by atoms with Crippen molar-refractivity contribution in [2.45, 2.75) is 457 Å². The molecule has 1 aromatic rings. The van der Waals surface area contributed by atoms with Gasteiger partial charge in [0.1, 0.15) is 5.75 Å². The van der Waals surface area contributed by atoms with Gasteiger partial charge < -0.3 is 15.4 Å². The molecule has 2 amide bonds. The Bertz CT molecular complexity index is 1510. The van der Waals surface area contributed by atoms with Crippen LogP contribution in [-0.4, -0.2) is 31.5 Å². The minimum atomic E-state index is -0.0902. The number of carbonyl (C=O) groups is 2. The van der Waals surface area contributed by atoms with Gasteiger partial charge in [-0.1, -0.05) is 438 Å². The molecule has 0 aliphatic rings. The molecule has 0 aromatic heterocycles. The molecule has 0 aliphatic heterocycles. The lowest BCUT2D eigenvalue weighted by atomic mass is 10.0. The standard InChI is InChI=1S/C82H156N2O3/c1-4-7-10-13-16-19-22-25-27-29-31-33-35-37-39-41-43-45-47-49-51-53-55-57-60-63-66-69-74-83-81(85)78-72-73-79(80(77-78)87-76-71-68-65-62-59-24-21-18-15-12-9-6-3)82(86)84-75-70-67-64-61-58-56-54-52-50-48-46-44-42-40-38-36-34-32-30-28-26-23-20-17-14-11-8-5-2/h72-73,77H,4-71,74-76H2,1-3H3,(H,83,85)(H,84,86). The number of hydrogen-bond donors (Lipinski definition) is 2. The largest absolute Gasteiger partial charge is 0.493 e. The Morgan fingerprint density at radius 2 is 0.448 bits per heavy atom. The van der Waals surface area contributed by atoms with Crippen molar-refractivity contribution in [3.63, 3.8) is 0 Å². The summed E-state index contributed by atoms with van der Waals surface area (Å²) < 4.78 is 6.33. The van der Waals surface area contributed by atoms with Gasteiger partial charge >= 0.3 is 0 Å². The average molecular weight is 1220 g/mol. The molecule has 0 aliphatic carbocycles. The maximum Gasteiger partial charge on any atom is 0.255 e. The van der Waals surface area contributed by atoms with Crippen molar-refractivity contribution in [2.75, 3.05) is 19.7 Å². The van der Waals surface area contributed by atoms with Crippen molar-refractivity contribution >= 4 is 11.8 Å². The van der Waals surface area contributed by atoms with E-state index in [1.54, 1.807) is 0 Å². The normalized spacial score (nSPS) is 11.5.